The SMILES string of the molecule is C[C@@H]1C[C@H](C)CN(C(=O)CSc2nnc(-c3ccc(F)cc3)c3ccccc23)C1. The largest absolute Gasteiger partial charge is 0.341 e. The quantitative estimate of drug-likeness (QED) is 0.567. The molecule has 2 heterocycles. The van der Waals surface area contributed by atoms with Gasteiger partial charge in [0.25, 0.3) is 0 Å². The third-order valence-electron chi connectivity index (χ3n) is 5.33. The molecule has 150 valence electrons. The average Bonchev–Trinajstić information content (AvgIpc) is 2.72. The molecule has 1 aliphatic rings. The number of aromatic nitrogens is 2. The third kappa shape index (κ3) is 4.42. The van der Waals surface area contributed by atoms with E-state index < -0.39 is 0 Å². The van der Waals surface area contributed by atoms with Crippen LogP contribution in [-0.4, -0.2) is 39.8 Å². The normalized spacial score (nSPS) is 19.5. The molecule has 2 atom stereocenters. The van der Waals surface area contributed by atoms with Crippen LogP contribution in [0.25, 0.3) is 22.0 Å². The number of fused-ring (bicyclic) bond motifs is 1. The van der Waals surface area contributed by atoms with Gasteiger partial charge in [0.2, 0.25) is 5.91 Å². The van der Waals surface area contributed by atoms with Crippen molar-refractivity contribution in [3.63, 3.8) is 0 Å². The average molecular weight is 410 g/mol. The minimum absolute atomic E-state index is 0.155. The highest BCUT2D eigenvalue weighted by Gasteiger charge is 2.25. The van der Waals surface area contributed by atoms with Gasteiger partial charge in [-0.05, 0) is 42.5 Å². The molecule has 1 saturated heterocycles. The standard InChI is InChI=1S/C23H24FN3OS/c1-15-11-16(2)13-27(12-15)21(28)14-29-23-20-6-4-3-5-19(20)22(25-26-23)17-7-9-18(24)10-8-17/h3-10,15-16H,11-14H2,1-2H3/t15-,16+. The van der Waals surface area contributed by atoms with Crippen molar-refractivity contribution < 1.29 is 9.18 Å². The maximum Gasteiger partial charge on any atom is 0.233 e. The first-order valence-corrected chi connectivity index (χ1v) is 10.9. The molecule has 3 aromatic rings. The molecule has 4 nitrogen and oxygen atoms in total. The summed E-state index contributed by atoms with van der Waals surface area (Å²) in [6.07, 6.45) is 1.18. The zero-order valence-corrected chi connectivity index (χ0v) is 17.5. The Hall–Kier alpha value is -2.47. The van der Waals surface area contributed by atoms with Crippen LogP contribution in [0.5, 0.6) is 0 Å². The molecule has 1 amide bonds. The van der Waals surface area contributed by atoms with E-state index in [1.807, 2.05) is 29.2 Å². The van der Waals surface area contributed by atoms with E-state index in [2.05, 4.69) is 24.0 Å². The van der Waals surface area contributed by atoms with Gasteiger partial charge in [0.1, 0.15) is 16.5 Å². The summed E-state index contributed by atoms with van der Waals surface area (Å²) in [5, 5.41) is 11.5. The molecule has 1 aliphatic heterocycles. The third-order valence-corrected chi connectivity index (χ3v) is 6.29. The number of carbonyl (C=O) groups is 1. The van der Waals surface area contributed by atoms with E-state index in [4.69, 9.17) is 0 Å². The van der Waals surface area contributed by atoms with Gasteiger partial charge in [0, 0.05) is 29.4 Å². The molecule has 29 heavy (non-hydrogen) atoms. The van der Waals surface area contributed by atoms with Gasteiger partial charge >= 0.3 is 0 Å². The van der Waals surface area contributed by atoms with Crippen molar-refractivity contribution in [3.8, 4) is 11.3 Å². The summed E-state index contributed by atoms with van der Waals surface area (Å²) in [4.78, 5) is 14.7. The maximum absolute atomic E-state index is 13.3. The van der Waals surface area contributed by atoms with Crippen molar-refractivity contribution in [1.29, 1.82) is 0 Å². The number of hydrogen-bond donors (Lipinski definition) is 0. The molecule has 2 aromatic carbocycles. The Morgan fingerprint density at radius 1 is 1.03 bits per heavy atom. The van der Waals surface area contributed by atoms with E-state index in [1.54, 1.807) is 12.1 Å². The van der Waals surface area contributed by atoms with Crippen LogP contribution in [0, 0.1) is 17.7 Å². The lowest BCUT2D eigenvalue weighted by Gasteiger charge is -2.35. The molecule has 6 heteroatoms. The number of carbonyl (C=O) groups excluding carboxylic acids is 1. The summed E-state index contributed by atoms with van der Waals surface area (Å²) in [5.41, 5.74) is 1.54. The van der Waals surface area contributed by atoms with Gasteiger partial charge in [-0.25, -0.2) is 4.39 Å². The molecule has 0 bridgehead atoms. The zero-order chi connectivity index (χ0) is 20.4. The molecule has 1 fully saturated rings. The van der Waals surface area contributed by atoms with Gasteiger partial charge in [-0.15, -0.1) is 10.2 Å². The molecule has 0 spiro atoms. The van der Waals surface area contributed by atoms with E-state index in [0.717, 1.165) is 40.1 Å². The monoisotopic (exact) mass is 409 g/mol. The summed E-state index contributed by atoms with van der Waals surface area (Å²) in [5.74, 6) is 1.32. The lowest BCUT2D eigenvalue weighted by atomic mass is 9.92. The zero-order valence-electron chi connectivity index (χ0n) is 16.6. The van der Waals surface area contributed by atoms with Crippen molar-refractivity contribution in [3.05, 3.63) is 54.3 Å². The van der Waals surface area contributed by atoms with Crippen LogP contribution in [0.4, 0.5) is 4.39 Å². The van der Waals surface area contributed by atoms with E-state index >= 15 is 0 Å². The summed E-state index contributed by atoms with van der Waals surface area (Å²) < 4.78 is 13.3. The second-order valence-corrected chi connectivity index (χ2v) is 8.90. The van der Waals surface area contributed by atoms with E-state index in [0.29, 0.717) is 17.6 Å². The molecule has 1 aromatic heterocycles. The van der Waals surface area contributed by atoms with Crippen LogP contribution in [-0.2, 0) is 4.79 Å². The van der Waals surface area contributed by atoms with E-state index in [-0.39, 0.29) is 11.7 Å². The molecule has 0 unspecified atom stereocenters. The minimum atomic E-state index is -0.280. The lowest BCUT2D eigenvalue weighted by Crippen LogP contribution is -2.43. The molecular weight excluding hydrogens is 385 g/mol. The topological polar surface area (TPSA) is 46.1 Å². The van der Waals surface area contributed by atoms with Crippen molar-refractivity contribution >= 4 is 28.4 Å². The number of piperidine rings is 1. The van der Waals surface area contributed by atoms with Gasteiger partial charge in [-0.3, -0.25) is 4.79 Å². The highest BCUT2D eigenvalue weighted by Crippen LogP contribution is 2.32. The predicted molar refractivity (Wildman–Crippen MR) is 115 cm³/mol. The van der Waals surface area contributed by atoms with Crippen LogP contribution in [0.1, 0.15) is 20.3 Å². The van der Waals surface area contributed by atoms with Gasteiger partial charge in [0.05, 0.1) is 5.75 Å². The van der Waals surface area contributed by atoms with Crippen LogP contribution < -0.4 is 0 Å². The van der Waals surface area contributed by atoms with E-state index in [9.17, 15) is 9.18 Å². The van der Waals surface area contributed by atoms with Crippen molar-refractivity contribution in [2.45, 2.75) is 25.3 Å². The van der Waals surface area contributed by atoms with Gasteiger partial charge < -0.3 is 4.90 Å². The second-order valence-electron chi connectivity index (χ2n) is 7.94. The Kier molecular flexibility index (Phi) is 5.81. The van der Waals surface area contributed by atoms with Crippen molar-refractivity contribution in [1.82, 2.24) is 15.1 Å². The minimum Gasteiger partial charge on any atom is -0.341 e. The Labute approximate surface area is 174 Å². The number of amides is 1. The molecule has 0 radical (unpaired) electrons. The number of hydrogen-bond acceptors (Lipinski definition) is 4. The molecule has 0 aliphatic carbocycles. The van der Waals surface area contributed by atoms with Crippen molar-refractivity contribution in [2.75, 3.05) is 18.8 Å². The first-order chi connectivity index (χ1) is 14.0. The number of benzene rings is 2. The summed E-state index contributed by atoms with van der Waals surface area (Å²) >= 11 is 1.44. The molecule has 4 rings (SSSR count). The number of nitrogens with zero attached hydrogens (tertiary/aromatic N) is 3. The van der Waals surface area contributed by atoms with Crippen LogP contribution in [0.2, 0.25) is 0 Å². The van der Waals surface area contributed by atoms with Gasteiger partial charge in [0.15, 0.2) is 0 Å². The summed E-state index contributed by atoms with van der Waals surface area (Å²) in [6.45, 7) is 6.08. The smallest absolute Gasteiger partial charge is 0.233 e. The highest BCUT2D eigenvalue weighted by atomic mass is 32.2. The number of likely N-dealkylation sites (tertiary alicyclic amines) is 1. The molecule has 0 saturated carbocycles. The summed E-state index contributed by atoms with van der Waals surface area (Å²) in [6, 6.07) is 14.2. The van der Waals surface area contributed by atoms with E-state index in [1.165, 1.54) is 30.3 Å². The number of halogens is 1. The van der Waals surface area contributed by atoms with Crippen LogP contribution >= 0.6 is 11.8 Å². The maximum atomic E-state index is 13.3. The second kappa shape index (κ2) is 8.49. The number of rotatable bonds is 4. The first-order valence-electron chi connectivity index (χ1n) is 9.93. The predicted octanol–water partition coefficient (Wildman–Crippen LogP) is 5.03. The van der Waals surface area contributed by atoms with Crippen molar-refractivity contribution in [2.24, 2.45) is 11.8 Å². The Bertz CT molecular complexity index is 1010. The first kappa shape index (κ1) is 19.8. The Morgan fingerprint density at radius 2 is 1.69 bits per heavy atom. The van der Waals surface area contributed by atoms with Crippen LogP contribution in [0.3, 0.4) is 0 Å². The molecule has 0 N–H and O–H groups in total. The van der Waals surface area contributed by atoms with Gasteiger partial charge in [-0.2, -0.15) is 0 Å². The van der Waals surface area contributed by atoms with Gasteiger partial charge in [-0.1, -0.05) is 49.9 Å². The summed E-state index contributed by atoms with van der Waals surface area (Å²) in [7, 11) is 0. The Balaban J connectivity index is 1.56. The van der Waals surface area contributed by atoms with Crippen LogP contribution in [0.15, 0.2) is 53.6 Å². The fourth-order valence-corrected chi connectivity index (χ4v) is 4.97. The lowest BCUT2D eigenvalue weighted by molar-refractivity contribution is -0.130. The highest BCUT2D eigenvalue weighted by molar-refractivity contribution is 8.00. The fourth-order valence-electron chi connectivity index (χ4n) is 4.09. The number of thioether (sulfide) groups is 1. The fraction of sp³-hybridized carbons (Fsp3) is 0.348. The Morgan fingerprint density at radius 3 is 2.38 bits per heavy atom. The molecular formula is C23H24FN3OS.